The van der Waals surface area contributed by atoms with Gasteiger partial charge in [-0.3, -0.25) is 14.4 Å². The monoisotopic (exact) mass is 362 g/mol. The largest absolute Gasteiger partial charge is 0.510 e. The molecule has 0 aliphatic heterocycles. The first kappa shape index (κ1) is 19.3. The Balaban J connectivity index is 2.25. The fourth-order valence-corrected chi connectivity index (χ4v) is 6.13. The fourth-order valence-electron chi connectivity index (χ4n) is 6.13. The SMILES string of the molecule is CC(C)C(=O)C1=C(O)[C@@]2(C)C[C@H]3C(C)(C)[C@@H](C(C)(C)O)C[C@]3(C1=O)C2=O. The topological polar surface area (TPSA) is 91.7 Å². The van der Waals surface area contributed by atoms with Gasteiger partial charge in [0.25, 0.3) is 0 Å². The molecule has 5 nitrogen and oxygen atoms in total. The number of carbonyl (C=O) groups excluding carboxylic acids is 3. The molecule has 3 rings (SSSR count). The van der Waals surface area contributed by atoms with Gasteiger partial charge in [0, 0.05) is 5.92 Å². The van der Waals surface area contributed by atoms with Crippen LogP contribution in [0.2, 0.25) is 0 Å². The highest BCUT2D eigenvalue weighted by molar-refractivity contribution is 6.32. The van der Waals surface area contributed by atoms with Crippen molar-refractivity contribution >= 4 is 17.3 Å². The van der Waals surface area contributed by atoms with E-state index in [-0.39, 0.29) is 35.4 Å². The molecule has 2 fully saturated rings. The summed E-state index contributed by atoms with van der Waals surface area (Å²) in [7, 11) is 0. The highest BCUT2D eigenvalue weighted by Gasteiger charge is 2.77. The number of hydrogen-bond donors (Lipinski definition) is 2. The van der Waals surface area contributed by atoms with Gasteiger partial charge in [-0.15, -0.1) is 0 Å². The summed E-state index contributed by atoms with van der Waals surface area (Å²) in [5.41, 5.74) is -4.21. The highest BCUT2D eigenvalue weighted by atomic mass is 16.3. The van der Waals surface area contributed by atoms with E-state index in [0.29, 0.717) is 6.42 Å². The number of rotatable bonds is 3. The van der Waals surface area contributed by atoms with Crippen LogP contribution in [0.5, 0.6) is 0 Å². The Morgan fingerprint density at radius 3 is 2.15 bits per heavy atom. The molecule has 2 saturated carbocycles. The van der Waals surface area contributed by atoms with Gasteiger partial charge in [-0.25, -0.2) is 0 Å². The van der Waals surface area contributed by atoms with Gasteiger partial charge in [0.1, 0.15) is 11.3 Å². The Bertz CT molecular complexity index is 751. The fraction of sp³-hybridized carbons (Fsp3) is 0.762. The third kappa shape index (κ3) is 1.98. The van der Waals surface area contributed by atoms with E-state index in [2.05, 4.69) is 0 Å². The lowest BCUT2D eigenvalue weighted by atomic mass is 9.64. The molecule has 0 aromatic heterocycles. The van der Waals surface area contributed by atoms with E-state index < -0.39 is 39.3 Å². The van der Waals surface area contributed by atoms with E-state index in [9.17, 15) is 24.6 Å². The minimum atomic E-state index is -1.31. The van der Waals surface area contributed by atoms with Gasteiger partial charge in [0.05, 0.1) is 16.4 Å². The number of hydrogen-bond acceptors (Lipinski definition) is 5. The average molecular weight is 362 g/mol. The molecular formula is C21H30O5. The van der Waals surface area contributed by atoms with Crippen molar-refractivity contribution in [1.29, 1.82) is 0 Å². The van der Waals surface area contributed by atoms with Crippen LogP contribution in [0, 0.1) is 34.0 Å². The van der Waals surface area contributed by atoms with Crippen LogP contribution in [0.15, 0.2) is 11.3 Å². The van der Waals surface area contributed by atoms with E-state index >= 15 is 0 Å². The molecule has 3 aliphatic rings. The predicted octanol–water partition coefficient (Wildman–Crippen LogP) is 3.01. The van der Waals surface area contributed by atoms with Gasteiger partial charge in [0.15, 0.2) is 17.3 Å². The minimum Gasteiger partial charge on any atom is -0.510 e. The molecular weight excluding hydrogens is 332 g/mol. The Morgan fingerprint density at radius 2 is 1.69 bits per heavy atom. The second-order valence-electron chi connectivity index (χ2n) is 10.2. The van der Waals surface area contributed by atoms with Gasteiger partial charge >= 0.3 is 0 Å². The maximum Gasteiger partial charge on any atom is 0.183 e. The van der Waals surface area contributed by atoms with Crippen molar-refractivity contribution in [2.75, 3.05) is 0 Å². The number of Topliss-reactive ketones (excluding diaryl/α,β-unsaturated/α-hetero) is 3. The molecule has 144 valence electrons. The van der Waals surface area contributed by atoms with E-state index in [1.807, 2.05) is 13.8 Å². The Labute approximate surface area is 154 Å². The summed E-state index contributed by atoms with van der Waals surface area (Å²) in [5, 5.41) is 21.5. The van der Waals surface area contributed by atoms with Crippen molar-refractivity contribution in [3.05, 3.63) is 11.3 Å². The lowest BCUT2D eigenvalue weighted by Crippen LogP contribution is -2.49. The molecule has 0 unspecified atom stereocenters. The summed E-state index contributed by atoms with van der Waals surface area (Å²) in [5.74, 6) is -2.57. The Morgan fingerprint density at radius 1 is 1.15 bits per heavy atom. The van der Waals surface area contributed by atoms with Crippen molar-refractivity contribution in [3.63, 3.8) is 0 Å². The van der Waals surface area contributed by atoms with E-state index in [1.54, 1.807) is 34.6 Å². The Hall–Kier alpha value is -1.49. The van der Waals surface area contributed by atoms with Crippen LogP contribution in [-0.4, -0.2) is 33.2 Å². The second kappa shape index (κ2) is 5.06. The molecule has 0 saturated heterocycles. The zero-order chi connectivity index (χ0) is 20.0. The number of carbonyl (C=O) groups is 3. The van der Waals surface area contributed by atoms with Crippen LogP contribution in [0.25, 0.3) is 0 Å². The van der Waals surface area contributed by atoms with E-state index in [0.717, 1.165) is 0 Å². The first-order valence-corrected chi connectivity index (χ1v) is 9.43. The number of aliphatic hydroxyl groups excluding tert-OH is 1. The first-order valence-electron chi connectivity index (χ1n) is 9.43. The molecule has 2 N–H and O–H groups in total. The highest BCUT2D eigenvalue weighted by Crippen LogP contribution is 2.72. The Kier molecular flexibility index (Phi) is 3.75. The number of allylic oxidation sites excluding steroid dienone is 2. The summed E-state index contributed by atoms with van der Waals surface area (Å²) in [6.45, 7) is 12.4. The summed E-state index contributed by atoms with van der Waals surface area (Å²) >= 11 is 0. The van der Waals surface area contributed by atoms with Crippen molar-refractivity contribution in [2.45, 2.75) is 66.9 Å². The third-order valence-electron chi connectivity index (χ3n) is 7.45. The molecule has 0 aromatic rings. The molecule has 5 heteroatoms. The molecule has 0 heterocycles. The second-order valence-corrected chi connectivity index (χ2v) is 10.2. The van der Waals surface area contributed by atoms with Crippen LogP contribution >= 0.6 is 0 Å². The smallest absolute Gasteiger partial charge is 0.183 e. The standard InChI is InChI=1S/C21H30O5/c1-10(2)14(22)13-15(23)20(7)8-12-18(3,4)11(19(5,6)26)9-21(12,16(13)24)17(20)25/h10-12,23,26H,8-9H2,1-7H3/t11-,12-,20+,21-/m0/s1. The normalized spacial score (nSPS) is 39.0. The van der Waals surface area contributed by atoms with Crippen LogP contribution < -0.4 is 0 Å². The van der Waals surface area contributed by atoms with Crippen molar-refractivity contribution in [1.82, 2.24) is 0 Å². The van der Waals surface area contributed by atoms with Gasteiger partial charge < -0.3 is 10.2 Å². The van der Waals surface area contributed by atoms with Gasteiger partial charge in [-0.2, -0.15) is 0 Å². The van der Waals surface area contributed by atoms with Crippen molar-refractivity contribution in [2.24, 2.45) is 34.0 Å². The van der Waals surface area contributed by atoms with E-state index in [4.69, 9.17) is 0 Å². The van der Waals surface area contributed by atoms with Crippen molar-refractivity contribution < 1.29 is 24.6 Å². The molecule has 26 heavy (non-hydrogen) atoms. The summed E-state index contributed by atoms with van der Waals surface area (Å²) in [4.78, 5) is 39.7. The van der Waals surface area contributed by atoms with Gasteiger partial charge in [-0.1, -0.05) is 27.7 Å². The number of aliphatic hydroxyl groups is 2. The summed E-state index contributed by atoms with van der Waals surface area (Å²) < 4.78 is 0. The number of ketones is 3. The molecule has 2 bridgehead atoms. The van der Waals surface area contributed by atoms with Crippen LogP contribution in [-0.2, 0) is 14.4 Å². The van der Waals surface area contributed by atoms with Gasteiger partial charge in [-0.05, 0) is 50.9 Å². The third-order valence-corrected chi connectivity index (χ3v) is 7.45. The maximum absolute atomic E-state index is 13.5. The lowest BCUT2D eigenvalue weighted by Gasteiger charge is -2.40. The molecule has 0 amide bonds. The zero-order valence-corrected chi connectivity index (χ0v) is 16.8. The summed E-state index contributed by atoms with van der Waals surface area (Å²) in [6.07, 6.45) is 0.557. The first-order chi connectivity index (χ1) is 11.6. The summed E-state index contributed by atoms with van der Waals surface area (Å²) in [6, 6.07) is 0. The molecule has 0 radical (unpaired) electrons. The minimum absolute atomic E-state index is 0.184. The molecule has 0 aromatic carbocycles. The van der Waals surface area contributed by atoms with Crippen LogP contribution in [0.3, 0.4) is 0 Å². The zero-order valence-electron chi connectivity index (χ0n) is 16.8. The number of fused-ring (bicyclic) bond motifs is 1. The molecule has 4 atom stereocenters. The molecule has 3 aliphatic carbocycles. The van der Waals surface area contributed by atoms with Crippen molar-refractivity contribution in [3.8, 4) is 0 Å². The van der Waals surface area contributed by atoms with Crippen LogP contribution in [0.4, 0.5) is 0 Å². The quantitative estimate of drug-likeness (QED) is 0.595. The predicted molar refractivity (Wildman–Crippen MR) is 96.3 cm³/mol. The lowest BCUT2D eigenvalue weighted by molar-refractivity contribution is -0.144. The van der Waals surface area contributed by atoms with Crippen LogP contribution in [0.1, 0.15) is 61.3 Å². The van der Waals surface area contributed by atoms with E-state index in [1.165, 1.54) is 0 Å². The molecule has 1 spiro atoms. The average Bonchev–Trinajstić information content (AvgIpc) is 2.85. The maximum atomic E-state index is 13.5. The van der Waals surface area contributed by atoms with Gasteiger partial charge in [0.2, 0.25) is 0 Å².